The van der Waals surface area contributed by atoms with E-state index in [0.717, 1.165) is 16.5 Å². The predicted octanol–water partition coefficient (Wildman–Crippen LogP) is 3.62. The molecule has 4 nitrogen and oxygen atoms in total. The van der Waals surface area contributed by atoms with Gasteiger partial charge in [0.1, 0.15) is 17.3 Å². The molecule has 0 amide bonds. The molecule has 0 unspecified atom stereocenters. The largest absolute Gasteiger partial charge is 0.456 e. The summed E-state index contributed by atoms with van der Waals surface area (Å²) >= 11 is 0. The molecule has 3 N–H and O–H groups in total. The van der Waals surface area contributed by atoms with E-state index in [4.69, 9.17) is 15.9 Å². The van der Waals surface area contributed by atoms with Crippen LogP contribution in [0.15, 0.2) is 54.7 Å². The van der Waals surface area contributed by atoms with Crippen LogP contribution in [-0.2, 0) is 0 Å². The third kappa shape index (κ3) is 2.56. The maximum absolute atomic E-state index is 7.66. The van der Waals surface area contributed by atoms with E-state index in [0.29, 0.717) is 17.1 Å². The first-order valence-electron chi connectivity index (χ1n) is 6.62. The van der Waals surface area contributed by atoms with Crippen LogP contribution in [0.1, 0.15) is 11.1 Å². The highest BCUT2D eigenvalue weighted by Crippen LogP contribution is 2.31. The van der Waals surface area contributed by atoms with Crippen molar-refractivity contribution in [3.63, 3.8) is 0 Å². The summed E-state index contributed by atoms with van der Waals surface area (Å²) in [4.78, 5) is 4.31. The van der Waals surface area contributed by atoms with Gasteiger partial charge in [0.05, 0.1) is 11.1 Å². The van der Waals surface area contributed by atoms with E-state index in [1.54, 1.807) is 12.3 Å². The molecule has 2 aromatic carbocycles. The number of fused-ring (bicyclic) bond motifs is 1. The molecule has 0 aliphatic rings. The standard InChI is InChI=1S/C17H15N3O/c1-11-7-8-13(17(18)19)16(10-11)21-15-6-2-5-14-12(15)4-3-9-20-14/h2-10H,1H3,(H3,18,19). The van der Waals surface area contributed by atoms with Gasteiger partial charge in [-0.25, -0.2) is 0 Å². The van der Waals surface area contributed by atoms with Crippen LogP contribution in [0.3, 0.4) is 0 Å². The highest BCUT2D eigenvalue weighted by atomic mass is 16.5. The maximum atomic E-state index is 7.66. The number of nitrogens with zero attached hydrogens (tertiary/aromatic N) is 1. The zero-order valence-corrected chi connectivity index (χ0v) is 11.6. The van der Waals surface area contributed by atoms with Crippen molar-refractivity contribution in [2.75, 3.05) is 0 Å². The SMILES string of the molecule is Cc1ccc(C(=N)N)c(Oc2cccc3ncccc23)c1. The molecule has 0 aliphatic heterocycles. The smallest absolute Gasteiger partial charge is 0.138 e. The van der Waals surface area contributed by atoms with Crippen LogP contribution in [0.5, 0.6) is 11.5 Å². The Balaban J connectivity index is 2.11. The van der Waals surface area contributed by atoms with E-state index >= 15 is 0 Å². The minimum absolute atomic E-state index is 0.0108. The fourth-order valence-corrected chi connectivity index (χ4v) is 2.22. The second kappa shape index (κ2) is 5.25. The molecule has 0 aliphatic carbocycles. The first kappa shape index (κ1) is 13.1. The number of nitrogen functional groups attached to an aromatic ring is 1. The van der Waals surface area contributed by atoms with Crippen LogP contribution in [0.25, 0.3) is 10.9 Å². The van der Waals surface area contributed by atoms with Gasteiger partial charge in [-0.1, -0.05) is 12.1 Å². The summed E-state index contributed by atoms with van der Waals surface area (Å²) in [6.45, 7) is 1.97. The van der Waals surface area contributed by atoms with Crippen molar-refractivity contribution in [1.29, 1.82) is 5.41 Å². The van der Waals surface area contributed by atoms with Crippen molar-refractivity contribution in [3.05, 3.63) is 65.9 Å². The second-order valence-electron chi connectivity index (χ2n) is 4.84. The van der Waals surface area contributed by atoms with Gasteiger partial charge < -0.3 is 10.5 Å². The molecule has 3 rings (SSSR count). The van der Waals surface area contributed by atoms with Gasteiger partial charge in [0.2, 0.25) is 0 Å². The fraction of sp³-hybridized carbons (Fsp3) is 0.0588. The maximum Gasteiger partial charge on any atom is 0.138 e. The topological polar surface area (TPSA) is 72.0 Å². The molecule has 104 valence electrons. The number of aromatic nitrogens is 1. The minimum Gasteiger partial charge on any atom is -0.456 e. The number of nitrogens with two attached hydrogens (primary N) is 1. The Hall–Kier alpha value is -2.88. The molecule has 3 aromatic rings. The van der Waals surface area contributed by atoms with E-state index in [2.05, 4.69) is 4.98 Å². The third-order valence-electron chi connectivity index (χ3n) is 3.25. The van der Waals surface area contributed by atoms with Crippen molar-refractivity contribution in [3.8, 4) is 11.5 Å². The Kier molecular flexibility index (Phi) is 3.28. The first-order valence-corrected chi connectivity index (χ1v) is 6.62. The summed E-state index contributed by atoms with van der Waals surface area (Å²) in [6, 6.07) is 15.1. The van der Waals surface area contributed by atoms with Gasteiger partial charge in [-0.3, -0.25) is 10.4 Å². The number of ether oxygens (including phenoxy) is 1. The summed E-state index contributed by atoms with van der Waals surface area (Å²) in [7, 11) is 0. The minimum atomic E-state index is -0.0108. The molecule has 0 saturated heterocycles. The first-order chi connectivity index (χ1) is 10.1. The Morgan fingerprint density at radius 3 is 2.76 bits per heavy atom. The van der Waals surface area contributed by atoms with Crippen LogP contribution in [0.2, 0.25) is 0 Å². The van der Waals surface area contributed by atoms with Crippen LogP contribution in [-0.4, -0.2) is 10.8 Å². The summed E-state index contributed by atoms with van der Waals surface area (Å²) in [6.07, 6.45) is 1.75. The van der Waals surface area contributed by atoms with Crippen LogP contribution < -0.4 is 10.5 Å². The van der Waals surface area contributed by atoms with E-state index < -0.39 is 0 Å². The lowest BCUT2D eigenvalue weighted by Gasteiger charge is -2.12. The average Bonchev–Trinajstić information content (AvgIpc) is 2.47. The van der Waals surface area contributed by atoms with Gasteiger partial charge in [0.15, 0.2) is 0 Å². The van der Waals surface area contributed by atoms with Gasteiger partial charge in [0.25, 0.3) is 0 Å². The van der Waals surface area contributed by atoms with Crippen LogP contribution in [0.4, 0.5) is 0 Å². The van der Waals surface area contributed by atoms with E-state index in [1.165, 1.54) is 0 Å². The van der Waals surface area contributed by atoms with Crippen molar-refractivity contribution >= 4 is 16.7 Å². The highest BCUT2D eigenvalue weighted by Gasteiger charge is 2.10. The molecule has 1 aromatic heterocycles. The van der Waals surface area contributed by atoms with E-state index in [1.807, 2.05) is 49.4 Å². The highest BCUT2D eigenvalue weighted by molar-refractivity contribution is 5.98. The summed E-state index contributed by atoms with van der Waals surface area (Å²) in [5.41, 5.74) is 8.12. The van der Waals surface area contributed by atoms with Crippen molar-refractivity contribution in [1.82, 2.24) is 4.98 Å². The normalized spacial score (nSPS) is 10.5. The molecule has 21 heavy (non-hydrogen) atoms. The van der Waals surface area contributed by atoms with Gasteiger partial charge in [-0.15, -0.1) is 0 Å². The van der Waals surface area contributed by atoms with Gasteiger partial charge in [-0.2, -0.15) is 0 Å². The summed E-state index contributed by atoms with van der Waals surface area (Å²) in [5.74, 6) is 1.27. The molecule has 0 spiro atoms. The number of pyridine rings is 1. The molecule has 4 heteroatoms. The second-order valence-corrected chi connectivity index (χ2v) is 4.84. The number of rotatable bonds is 3. The number of amidine groups is 1. The zero-order valence-electron chi connectivity index (χ0n) is 11.6. The van der Waals surface area contributed by atoms with Crippen molar-refractivity contribution in [2.45, 2.75) is 6.92 Å². The van der Waals surface area contributed by atoms with Crippen LogP contribution >= 0.6 is 0 Å². The van der Waals surface area contributed by atoms with Crippen molar-refractivity contribution in [2.24, 2.45) is 5.73 Å². The van der Waals surface area contributed by atoms with Crippen molar-refractivity contribution < 1.29 is 4.74 Å². The van der Waals surface area contributed by atoms with E-state index in [-0.39, 0.29) is 5.84 Å². The Labute approximate surface area is 122 Å². The molecule has 0 saturated carbocycles. The molecule has 0 bridgehead atoms. The number of benzene rings is 2. The molecule has 0 atom stereocenters. The number of nitrogens with one attached hydrogen (secondary N) is 1. The average molecular weight is 277 g/mol. The molecule has 0 fully saturated rings. The predicted molar refractivity (Wildman–Crippen MR) is 84.0 cm³/mol. The third-order valence-corrected chi connectivity index (χ3v) is 3.25. The molecular formula is C17H15N3O. The number of hydrogen-bond acceptors (Lipinski definition) is 3. The number of aryl methyl sites for hydroxylation is 1. The summed E-state index contributed by atoms with van der Waals surface area (Å²) < 4.78 is 6.00. The molecule has 1 heterocycles. The Bertz CT molecular complexity index is 822. The fourth-order valence-electron chi connectivity index (χ4n) is 2.22. The molecule has 0 radical (unpaired) electrons. The Morgan fingerprint density at radius 1 is 1.10 bits per heavy atom. The summed E-state index contributed by atoms with van der Waals surface area (Å²) in [5, 5.41) is 8.59. The quantitative estimate of drug-likeness (QED) is 0.567. The van der Waals surface area contributed by atoms with Gasteiger partial charge >= 0.3 is 0 Å². The van der Waals surface area contributed by atoms with Gasteiger partial charge in [-0.05, 0) is 48.9 Å². The Morgan fingerprint density at radius 2 is 1.95 bits per heavy atom. The molecular weight excluding hydrogens is 262 g/mol. The van der Waals surface area contributed by atoms with Gasteiger partial charge in [0, 0.05) is 11.6 Å². The lowest BCUT2D eigenvalue weighted by Crippen LogP contribution is -2.12. The monoisotopic (exact) mass is 277 g/mol. The van der Waals surface area contributed by atoms with E-state index in [9.17, 15) is 0 Å². The lowest BCUT2D eigenvalue weighted by atomic mass is 10.1. The number of hydrogen-bond donors (Lipinski definition) is 2. The lowest BCUT2D eigenvalue weighted by molar-refractivity contribution is 0.486. The van der Waals surface area contributed by atoms with Crippen LogP contribution in [0, 0.1) is 12.3 Å². The zero-order chi connectivity index (χ0) is 14.8.